The van der Waals surface area contributed by atoms with Gasteiger partial charge in [-0.05, 0) is 25.0 Å². The minimum atomic E-state index is -0.822. The van der Waals surface area contributed by atoms with E-state index in [4.69, 9.17) is 11.5 Å². The Morgan fingerprint density at radius 2 is 2.07 bits per heavy atom. The summed E-state index contributed by atoms with van der Waals surface area (Å²) in [5, 5.41) is 0. The van der Waals surface area contributed by atoms with Gasteiger partial charge in [0.1, 0.15) is 5.82 Å². The van der Waals surface area contributed by atoms with Crippen LogP contribution in [0.2, 0.25) is 0 Å². The second kappa shape index (κ2) is 4.40. The molecule has 4 nitrogen and oxygen atoms in total. The number of Topliss-reactive ketones (excluding diaryl/α,β-unsaturated/α-hetero) is 1. The van der Waals surface area contributed by atoms with Crippen molar-refractivity contribution in [2.75, 3.05) is 5.73 Å². The van der Waals surface area contributed by atoms with Crippen molar-refractivity contribution in [2.24, 2.45) is 5.73 Å². The average Bonchev–Trinajstić information content (AvgIpc) is 2.28. The Hall–Kier alpha value is -1.42. The first-order valence-corrected chi connectivity index (χ1v) is 5.09. The minimum Gasteiger partial charge on any atom is -0.383 e. The van der Waals surface area contributed by atoms with Crippen molar-refractivity contribution in [3.05, 3.63) is 23.9 Å². The Bertz CT molecular complexity index is 359. The van der Waals surface area contributed by atoms with Crippen molar-refractivity contribution in [3.8, 4) is 0 Å². The molecule has 0 unspecified atom stereocenters. The third-order valence-corrected chi connectivity index (χ3v) is 2.80. The molecule has 0 saturated carbocycles. The third-order valence-electron chi connectivity index (χ3n) is 2.80. The lowest BCUT2D eigenvalue weighted by atomic mass is 9.85. The molecule has 0 amide bonds. The zero-order valence-corrected chi connectivity index (χ0v) is 9.16. The number of carbonyl (C=O) groups excluding carboxylic acids is 1. The van der Waals surface area contributed by atoms with Crippen molar-refractivity contribution in [3.63, 3.8) is 0 Å². The molecule has 0 spiro atoms. The first kappa shape index (κ1) is 11.7. The highest BCUT2D eigenvalue weighted by molar-refractivity contribution is 6.06. The van der Waals surface area contributed by atoms with Crippen LogP contribution in [0.5, 0.6) is 0 Å². The zero-order chi connectivity index (χ0) is 11.5. The van der Waals surface area contributed by atoms with Gasteiger partial charge < -0.3 is 11.5 Å². The predicted molar refractivity (Wildman–Crippen MR) is 60.5 cm³/mol. The maximum atomic E-state index is 12.1. The van der Waals surface area contributed by atoms with E-state index in [1.807, 2.05) is 13.8 Å². The van der Waals surface area contributed by atoms with Gasteiger partial charge in [0.25, 0.3) is 0 Å². The van der Waals surface area contributed by atoms with Crippen molar-refractivity contribution >= 4 is 11.6 Å². The number of nitrogen functional groups attached to an aromatic ring is 1. The van der Waals surface area contributed by atoms with Crippen LogP contribution < -0.4 is 11.5 Å². The molecule has 1 heterocycles. The van der Waals surface area contributed by atoms with Crippen LogP contribution in [0.4, 0.5) is 5.82 Å². The molecule has 0 radical (unpaired) electrons. The van der Waals surface area contributed by atoms with E-state index in [2.05, 4.69) is 4.98 Å². The van der Waals surface area contributed by atoms with Gasteiger partial charge in [-0.25, -0.2) is 4.98 Å². The standard InChI is InChI=1S/C11H17N3O/c1-3-11(13,4-2)9(15)8-6-5-7-14-10(8)12/h5-7H,3-4,13H2,1-2H3,(H2,12,14). The lowest BCUT2D eigenvalue weighted by Gasteiger charge is -2.25. The summed E-state index contributed by atoms with van der Waals surface area (Å²) in [5.41, 5.74) is 11.2. The molecule has 1 aromatic heterocycles. The second-order valence-corrected chi connectivity index (χ2v) is 3.63. The monoisotopic (exact) mass is 207 g/mol. The number of pyridine rings is 1. The van der Waals surface area contributed by atoms with E-state index in [9.17, 15) is 4.79 Å². The number of aromatic nitrogens is 1. The smallest absolute Gasteiger partial charge is 0.186 e. The summed E-state index contributed by atoms with van der Waals surface area (Å²) in [4.78, 5) is 16.0. The van der Waals surface area contributed by atoms with E-state index >= 15 is 0 Å². The normalized spacial score (nSPS) is 11.4. The fourth-order valence-electron chi connectivity index (χ4n) is 1.45. The minimum absolute atomic E-state index is 0.127. The summed E-state index contributed by atoms with van der Waals surface area (Å²) in [6.07, 6.45) is 2.75. The molecule has 0 aliphatic heterocycles. The lowest BCUT2D eigenvalue weighted by molar-refractivity contribution is 0.0880. The van der Waals surface area contributed by atoms with E-state index in [0.29, 0.717) is 18.4 Å². The van der Waals surface area contributed by atoms with Crippen LogP contribution >= 0.6 is 0 Å². The van der Waals surface area contributed by atoms with Crippen molar-refractivity contribution in [1.82, 2.24) is 4.98 Å². The number of nitrogens with two attached hydrogens (primary N) is 2. The molecule has 1 rings (SSSR count). The van der Waals surface area contributed by atoms with Gasteiger partial charge >= 0.3 is 0 Å². The van der Waals surface area contributed by atoms with Crippen LogP contribution in [0.25, 0.3) is 0 Å². The van der Waals surface area contributed by atoms with Crippen molar-refractivity contribution in [1.29, 1.82) is 0 Å². The van der Waals surface area contributed by atoms with Gasteiger partial charge in [-0.3, -0.25) is 4.79 Å². The Morgan fingerprint density at radius 1 is 1.47 bits per heavy atom. The molecule has 0 bridgehead atoms. The molecule has 0 aliphatic rings. The summed E-state index contributed by atoms with van der Waals surface area (Å²) in [6, 6.07) is 3.35. The number of rotatable bonds is 4. The highest BCUT2D eigenvalue weighted by Crippen LogP contribution is 2.20. The number of ketones is 1. The van der Waals surface area contributed by atoms with Gasteiger partial charge in [0.05, 0.1) is 11.1 Å². The van der Waals surface area contributed by atoms with E-state index in [1.165, 1.54) is 0 Å². The van der Waals surface area contributed by atoms with Crippen molar-refractivity contribution < 1.29 is 4.79 Å². The number of nitrogens with zero attached hydrogens (tertiary/aromatic N) is 1. The van der Waals surface area contributed by atoms with Crippen LogP contribution in [0.1, 0.15) is 37.0 Å². The van der Waals surface area contributed by atoms with Gasteiger partial charge in [0.15, 0.2) is 5.78 Å². The van der Waals surface area contributed by atoms with Gasteiger partial charge in [-0.1, -0.05) is 13.8 Å². The molecule has 0 saturated heterocycles. The molecular weight excluding hydrogens is 190 g/mol. The molecule has 0 fully saturated rings. The maximum Gasteiger partial charge on any atom is 0.186 e. The summed E-state index contributed by atoms with van der Waals surface area (Å²) >= 11 is 0. The number of carbonyl (C=O) groups is 1. The van der Waals surface area contributed by atoms with Crippen molar-refractivity contribution in [2.45, 2.75) is 32.2 Å². The second-order valence-electron chi connectivity index (χ2n) is 3.63. The highest BCUT2D eigenvalue weighted by atomic mass is 16.1. The number of hydrogen-bond acceptors (Lipinski definition) is 4. The largest absolute Gasteiger partial charge is 0.383 e. The summed E-state index contributed by atoms with van der Waals surface area (Å²) < 4.78 is 0. The molecule has 4 heteroatoms. The van der Waals surface area contributed by atoms with Crippen LogP contribution in [-0.4, -0.2) is 16.3 Å². The quantitative estimate of drug-likeness (QED) is 0.730. The lowest BCUT2D eigenvalue weighted by Crippen LogP contribution is -2.47. The molecule has 0 aliphatic carbocycles. The zero-order valence-electron chi connectivity index (χ0n) is 9.16. The van der Waals surface area contributed by atoms with Gasteiger partial charge in [0, 0.05) is 6.20 Å². The first-order chi connectivity index (χ1) is 7.05. The van der Waals surface area contributed by atoms with E-state index in [0.717, 1.165) is 0 Å². The summed E-state index contributed by atoms with van der Waals surface area (Å²) in [7, 11) is 0. The topological polar surface area (TPSA) is 82.0 Å². The van der Waals surface area contributed by atoms with E-state index in [1.54, 1.807) is 18.3 Å². The molecule has 82 valence electrons. The average molecular weight is 207 g/mol. The summed E-state index contributed by atoms with van der Waals surface area (Å²) in [6.45, 7) is 3.79. The third kappa shape index (κ3) is 2.15. The fraction of sp³-hybridized carbons (Fsp3) is 0.455. The highest BCUT2D eigenvalue weighted by Gasteiger charge is 2.31. The fourth-order valence-corrected chi connectivity index (χ4v) is 1.45. The van der Waals surface area contributed by atoms with Gasteiger partial charge in [-0.2, -0.15) is 0 Å². The summed E-state index contributed by atoms with van der Waals surface area (Å²) in [5.74, 6) is 0.123. The van der Waals surface area contributed by atoms with E-state index in [-0.39, 0.29) is 11.6 Å². The Morgan fingerprint density at radius 3 is 2.53 bits per heavy atom. The predicted octanol–water partition coefficient (Wildman–Crippen LogP) is 1.36. The Kier molecular flexibility index (Phi) is 3.42. The molecule has 0 aromatic carbocycles. The molecule has 4 N–H and O–H groups in total. The molecule has 0 atom stereocenters. The molecule has 15 heavy (non-hydrogen) atoms. The molecular formula is C11H17N3O. The molecule has 1 aromatic rings. The number of anilines is 1. The maximum absolute atomic E-state index is 12.1. The SMILES string of the molecule is CCC(N)(CC)C(=O)c1cccnc1N. The van der Waals surface area contributed by atoms with Crippen LogP contribution in [0.3, 0.4) is 0 Å². The van der Waals surface area contributed by atoms with Crippen LogP contribution in [-0.2, 0) is 0 Å². The van der Waals surface area contributed by atoms with E-state index < -0.39 is 5.54 Å². The Labute approximate surface area is 89.7 Å². The van der Waals surface area contributed by atoms with Crippen LogP contribution in [0, 0.1) is 0 Å². The van der Waals surface area contributed by atoms with Crippen LogP contribution in [0.15, 0.2) is 18.3 Å². The Balaban J connectivity index is 3.09. The number of hydrogen-bond donors (Lipinski definition) is 2. The van der Waals surface area contributed by atoms with Gasteiger partial charge in [0.2, 0.25) is 0 Å². The first-order valence-electron chi connectivity index (χ1n) is 5.09. The van der Waals surface area contributed by atoms with Gasteiger partial charge in [-0.15, -0.1) is 0 Å².